The van der Waals surface area contributed by atoms with Crippen molar-refractivity contribution in [1.29, 1.82) is 0 Å². The molecule has 0 aromatic rings. The molecule has 0 aromatic heterocycles. The van der Waals surface area contributed by atoms with Gasteiger partial charge in [-0.25, -0.2) is 13.6 Å². The third-order valence-corrected chi connectivity index (χ3v) is 25.0. The van der Waals surface area contributed by atoms with Crippen LogP contribution in [0.1, 0.15) is 170 Å². The average molecular weight is 1740 g/mol. The number of ketones is 2. The van der Waals surface area contributed by atoms with Gasteiger partial charge in [0.15, 0.2) is 29.1 Å². The number of likely N-dealkylation sites (N-methyl/N-ethyl adjacent to an activating group) is 1. The standard InChI is InChI=1S/C88H141F2N11O22/c1-10-21-78-122-74-54-65-66-53-68(89)67-52-61(102)27-30-85(67,5)87(66,90)72(103)55-86(65,6)88(74,123-78)73(104)56-96-81(108)60(4)97-83(110)79(59(2)3)99-82(109)70(98-76(106)29-37-113-41-45-117-49-51-119-47-43-115-39-34-95-84(111)121-57-64-62-22-15-11-12-16-23-63(62)64)25-18-14-20-31-93-77(107)58-120-71-26-19-13-17-24-69(80(71)100-91)92-33-38-114-42-46-118-50-48-116-44-40-112-36-28-75(105)94-32-35-101(7,8)9/h27,30,52,59-60,62-66,68,70-72,74,78-79,103H,10,13-26,28-29,31-51,53-58H2,1-9H3,(H8-,91,92,93,94,95,96,97,98,99,105,106,107,108,109,110,111)/p+1/t60-,62-,63+,64?,65-,66-,68-,70+,71?,72-,74+,78?,79-,85-,86-,87-,88+/m0/s1. The van der Waals surface area contributed by atoms with Crippen LogP contribution in [-0.4, -0.2) is 314 Å². The van der Waals surface area contributed by atoms with Gasteiger partial charge < -0.3 is 109 Å². The average Bonchev–Trinajstić information content (AvgIpc) is 1.49. The quantitative estimate of drug-likeness (QED) is 0.0131. The van der Waals surface area contributed by atoms with Crippen molar-refractivity contribution in [3.8, 4) is 11.8 Å². The summed E-state index contributed by atoms with van der Waals surface area (Å²) in [5.41, 5.74) is -6.06. The van der Waals surface area contributed by atoms with Gasteiger partial charge in [0.05, 0.1) is 178 Å². The van der Waals surface area contributed by atoms with Crippen molar-refractivity contribution < 1.29 is 118 Å². The molecule has 5 saturated carbocycles. The lowest BCUT2D eigenvalue weighted by Gasteiger charge is -2.63. The number of Topliss-reactive ketones (excluding diaryl/α,β-unsaturated/α-hetero) is 1. The lowest BCUT2D eigenvalue weighted by atomic mass is 9.44. The molecule has 6 fully saturated rings. The SMILES string of the molecule is CCCC1O[C@@H]2C[C@H]3[C@@H]4C[C@H](F)C5=CC(=O)C=C[C@]5(C)[C@@]4(F)[C@@H](O)C[C@]3(C)[C@]2(C(=O)CNC(=O)[C@H](C)NC(=O)[C@@H](NC(=O)[C@@H](CCCCCNC(=O)COC2CCCCCC(=NCCOCCOCCOCCOCCC(=O)NCC[N+](C)(C)C)C2=NN)NC(=O)CCOCCOCCOCCOCCNC(=O)OCC2[C@H]3CCC#CCC[C@@H]23)C(C)C)O1. The van der Waals surface area contributed by atoms with Crippen LogP contribution >= 0.6 is 0 Å². The fraction of sp³-hybridized carbons (Fsp3) is 0.807. The number of halogens is 2. The molecule has 35 heteroatoms. The number of hydrogen-bond donors (Lipinski definition) is 9. The Kier molecular flexibility index (Phi) is 42.1. The first kappa shape index (κ1) is 101. The maximum absolute atomic E-state index is 18.2. The van der Waals surface area contributed by atoms with Gasteiger partial charge in [-0.1, -0.05) is 65.9 Å². The molecule has 17 atom stereocenters. The molecule has 7 amide bonds. The number of unbranched alkanes of at least 4 members (excludes halogenated alkanes) is 2. The number of nitrogens with two attached hydrogens (primary N) is 1. The van der Waals surface area contributed by atoms with Crippen LogP contribution in [-0.2, 0) is 95.2 Å². The molecule has 8 rings (SSSR count). The molecule has 694 valence electrons. The number of nitrogens with zero attached hydrogens (tertiary/aromatic N) is 3. The van der Waals surface area contributed by atoms with E-state index in [1.54, 1.807) is 20.8 Å². The van der Waals surface area contributed by atoms with Gasteiger partial charge in [0.25, 0.3) is 0 Å². The van der Waals surface area contributed by atoms with Crippen LogP contribution in [0.2, 0.25) is 0 Å². The van der Waals surface area contributed by atoms with Crippen molar-refractivity contribution in [1.82, 2.24) is 37.2 Å². The van der Waals surface area contributed by atoms with Crippen molar-refractivity contribution in [3.05, 3.63) is 23.8 Å². The summed E-state index contributed by atoms with van der Waals surface area (Å²) in [5.74, 6) is 7.37. The Morgan fingerprint density at radius 3 is 1.93 bits per heavy atom. The first-order chi connectivity index (χ1) is 59.0. The van der Waals surface area contributed by atoms with Crippen molar-refractivity contribution >= 4 is 64.5 Å². The van der Waals surface area contributed by atoms with Crippen LogP contribution < -0.4 is 43.1 Å². The fourth-order valence-electron chi connectivity index (χ4n) is 18.3. The smallest absolute Gasteiger partial charge is 0.407 e. The number of carbonyl (C=O) groups excluding carboxylic acids is 9. The van der Waals surface area contributed by atoms with Crippen molar-refractivity contribution in [2.75, 3.05) is 179 Å². The molecule has 123 heavy (non-hydrogen) atoms. The summed E-state index contributed by atoms with van der Waals surface area (Å²) in [6.45, 7) is 16.6. The van der Waals surface area contributed by atoms with E-state index in [9.17, 15) is 43.5 Å². The second kappa shape index (κ2) is 51.1. The summed E-state index contributed by atoms with van der Waals surface area (Å²) in [4.78, 5) is 126. The fourth-order valence-corrected chi connectivity index (χ4v) is 18.3. The second-order valence-corrected chi connectivity index (χ2v) is 35.2. The number of ether oxygens (including phenoxy) is 12. The van der Waals surface area contributed by atoms with Gasteiger partial charge in [-0.15, -0.1) is 11.8 Å². The summed E-state index contributed by atoms with van der Waals surface area (Å²) < 4.78 is 105. The molecule has 0 radical (unpaired) electrons. The Morgan fingerprint density at radius 2 is 1.31 bits per heavy atom. The Bertz CT molecular complexity index is 3600. The van der Waals surface area contributed by atoms with Gasteiger partial charge in [-0.2, -0.15) is 5.10 Å². The molecule has 0 bridgehead atoms. The molecule has 1 heterocycles. The maximum atomic E-state index is 18.2. The summed E-state index contributed by atoms with van der Waals surface area (Å²) in [6, 6.07) is -3.65. The number of allylic oxidation sites excluding steroid dienone is 4. The molecule has 1 aliphatic heterocycles. The van der Waals surface area contributed by atoms with Crippen LogP contribution in [0.25, 0.3) is 0 Å². The minimum Gasteiger partial charge on any atom is -0.449 e. The lowest BCUT2D eigenvalue weighted by Crippen LogP contribution is -2.71. The summed E-state index contributed by atoms with van der Waals surface area (Å²) in [6.07, 6.45) is 7.39. The summed E-state index contributed by atoms with van der Waals surface area (Å²) >= 11 is 0. The van der Waals surface area contributed by atoms with Crippen LogP contribution in [0, 0.1) is 58.2 Å². The minimum absolute atomic E-state index is 0.00995. The number of alkyl carbamates (subject to hydrolysis) is 1. The molecular weight excluding hydrogens is 1600 g/mol. The van der Waals surface area contributed by atoms with Gasteiger partial charge in [0, 0.05) is 55.5 Å². The van der Waals surface area contributed by atoms with Gasteiger partial charge in [0.1, 0.15) is 42.7 Å². The van der Waals surface area contributed by atoms with E-state index in [1.165, 1.54) is 26.0 Å². The van der Waals surface area contributed by atoms with Gasteiger partial charge >= 0.3 is 6.09 Å². The highest BCUT2D eigenvalue weighted by atomic mass is 19.1. The molecule has 8 aliphatic rings. The van der Waals surface area contributed by atoms with Crippen LogP contribution in [0.5, 0.6) is 0 Å². The molecule has 10 N–H and O–H groups in total. The second-order valence-electron chi connectivity index (χ2n) is 35.2. The lowest BCUT2D eigenvalue weighted by molar-refractivity contribution is -0.869. The molecule has 0 spiro atoms. The maximum Gasteiger partial charge on any atom is 0.407 e. The number of quaternary nitrogens is 1. The van der Waals surface area contributed by atoms with E-state index in [0.717, 1.165) is 62.0 Å². The van der Waals surface area contributed by atoms with Crippen molar-refractivity contribution in [3.63, 3.8) is 0 Å². The van der Waals surface area contributed by atoms with Crippen LogP contribution in [0.4, 0.5) is 13.6 Å². The normalized spacial score (nSPS) is 28.4. The number of aliphatic hydroxyl groups is 1. The topological polar surface area (TPSA) is 420 Å². The van der Waals surface area contributed by atoms with Crippen LogP contribution in [0.3, 0.4) is 0 Å². The molecule has 7 aliphatic carbocycles. The Morgan fingerprint density at radius 1 is 0.691 bits per heavy atom. The third kappa shape index (κ3) is 29.8. The molecular formula is C88H142F2N11O22+. The predicted octanol–water partition coefficient (Wildman–Crippen LogP) is 4.69. The zero-order valence-electron chi connectivity index (χ0n) is 74.1. The molecule has 0 aromatic carbocycles. The number of hydrogen-bond acceptors (Lipinski definition) is 25. The van der Waals surface area contributed by atoms with Gasteiger partial charge in [0.2, 0.25) is 35.4 Å². The molecule has 1 saturated heterocycles. The van der Waals surface area contributed by atoms with E-state index < -0.39 is 137 Å². The third-order valence-electron chi connectivity index (χ3n) is 25.0. The summed E-state index contributed by atoms with van der Waals surface area (Å²) in [7, 11) is 6.21. The highest BCUT2D eigenvalue weighted by Crippen LogP contribution is 2.72. The highest BCUT2D eigenvalue weighted by Gasteiger charge is 2.80. The molecule has 3 unspecified atom stereocenters. The first-order valence-corrected chi connectivity index (χ1v) is 44.8. The monoisotopic (exact) mass is 1740 g/mol. The molecule has 33 nitrogen and oxygen atoms in total. The number of nitrogens with one attached hydrogen (secondary N) is 7. The highest BCUT2D eigenvalue weighted by molar-refractivity contribution is 6.44. The predicted molar refractivity (Wildman–Crippen MR) is 452 cm³/mol. The number of aliphatic imine (C=N–C) groups is 1. The number of aliphatic hydroxyl groups excluding tert-OH is 1. The van der Waals surface area contributed by atoms with Crippen molar-refractivity contribution in [2.45, 2.75) is 230 Å². The number of fused-ring (bicyclic) bond motifs is 8. The van der Waals surface area contributed by atoms with E-state index in [-0.39, 0.29) is 89.1 Å². The number of rotatable bonds is 56. The number of amides is 7. The van der Waals surface area contributed by atoms with Gasteiger partial charge in [-0.05, 0) is 132 Å². The van der Waals surface area contributed by atoms with E-state index in [4.69, 9.17) is 67.7 Å². The minimum atomic E-state index is -2.43. The summed E-state index contributed by atoms with van der Waals surface area (Å²) in [5, 5.41) is 35.6. The zero-order valence-corrected chi connectivity index (χ0v) is 74.1. The Hall–Kier alpha value is -7.05. The Balaban J connectivity index is 0.759. The van der Waals surface area contributed by atoms with Crippen molar-refractivity contribution in [2.24, 2.45) is 62.3 Å². The largest absolute Gasteiger partial charge is 0.449 e. The van der Waals surface area contributed by atoms with Gasteiger partial charge in [-0.3, -0.25) is 43.3 Å². The first-order valence-electron chi connectivity index (χ1n) is 44.8. The zero-order chi connectivity index (χ0) is 89.0. The van der Waals surface area contributed by atoms with E-state index in [1.807, 2.05) is 6.92 Å². The van der Waals surface area contributed by atoms with E-state index in [2.05, 4.69) is 75.3 Å². The number of carbonyl (C=O) groups is 9. The van der Waals surface area contributed by atoms with E-state index in [0.29, 0.717) is 186 Å². The number of hydrazone groups is 1. The number of alkyl halides is 2. The Labute approximate surface area is 724 Å². The van der Waals surface area contributed by atoms with E-state index >= 15 is 13.6 Å². The van der Waals surface area contributed by atoms with Crippen LogP contribution in [0.15, 0.2) is 33.9 Å².